The highest BCUT2D eigenvalue weighted by atomic mass is 16.6. The monoisotopic (exact) mass is 344 g/mol. The van der Waals surface area contributed by atoms with E-state index in [4.69, 9.17) is 5.73 Å². The lowest BCUT2D eigenvalue weighted by Crippen LogP contribution is -2.04. The molecule has 0 amide bonds. The van der Waals surface area contributed by atoms with Gasteiger partial charge in [0.1, 0.15) is 17.5 Å². The Hall–Kier alpha value is -3.72. The molecule has 0 atom stereocenters. The van der Waals surface area contributed by atoms with Crippen LogP contribution in [-0.4, -0.2) is 9.91 Å². The van der Waals surface area contributed by atoms with Crippen LogP contribution in [0.3, 0.4) is 0 Å². The van der Waals surface area contributed by atoms with Crippen LogP contribution in [0.25, 0.3) is 22.4 Å². The van der Waals surface area contributed by atoms with E-state index >= 15 is 0 Å². The fourth-order valence-corrected chi connectivity index (χ4v) is 2.98. The van der Waals surface area contributed by atoms with Gasteiger partial charge in [-0.1, -0.05) is 42.0 Å². The first kappa shape index (κ1) is 17.1. The molecule has 0 bridgehead atoms. The molecule has 2 aromatic carbocycles. The van der Waals surface area contributed by atoms with E-state index in [0.29, 0.717) is 22.4 Å². The quantitative estimate of drug-likeness (QED) is 0.560. The molecule has 3 aromatic rings. The summed E-state index contributed by atoms with van der Waals surface area (Å²) in [5, 5.41) is 21.0. The normalized spacial score (nSPS) is 10.3. The number of benzene rings is 2. The fraction of sp³-hybridized carbons (Fsp3) is 0.100. The molecular formula is C20H16N4O2. The van der Waals surface area contributed by atoms with Crippen molar-refractivity contribution in [2.45, 2.75) is 13.8 Å². The second-order valence-electron chi connectivity index (χ2n) is 5.97. The number of aryl methyl sites for hydroxylation is 1. The zero-order valence-electron chi connectivity index (χ0n) is 14.4. The first-order valence-electron chi connectivity index (χ1n) is 7.95. The molecule has 0 aliphatic rings. The highest BCUT2D eigenvalue weighted by molar-refractivity contribution is 5.87. The van der Waals surface area contributed by atoms with Crippen LogP contribution in [-0.2, 0) is 0 Å². The van der Waals surface area contributed by atoms with Gasteiger partial charge in [-0.2, -0.15) is 5.26 Å². The number of pyridine rings is 1. The Kier molecular flexibility index (Phi) is 4.38. The molecule has 0 aliphatic carbocycles. The molecule has 0 unspecified atom stereocenters. The zero-order valence-corrected chi connectivity index (χ0v) is 14.4. The molecule has 0 spiro atoms. The number of para-hydroxylation sites is 1. The van der Waals surface area contributed by atoms with Gasteiger partial charge < -0.3 is 5.73 Å². The van der Waals surface area contributed by atoms with Crippen molar-refractivity contribution in [3.63, 3.8) is 0 Å². The van der Waals surface area contributed by atoms with Crippen LogP contribution in [0.15, 0.2) is 48.5 Å². The highest BCUT2D eigenvalue weighted by Crippen LogP contribution is 2.39. The van der Waals surface area contributed by atoms with Crippen LogP contribution >= 0.6 is 0 Å². The van der Waals surface area contributed by atoms with E-state index in [0.717, 1.165) is 11.1 Å². The average Bonchev–Trinajstić information content (AvgIpc) is 2.63. The van der Waals surface area contributed by atoms with E-state index < -0.39 is 4.92 Å². The summed E-state index contributed by atoms with van der Waals surface area (Å²) >= 11 is 0. The molecule has 3 rings (SSSR count). The van der Waals surface area contributed by atoms with Gasteiger partial charge in [-0.05, 0) is 25.5 Å². The Labute approximate surface area is 150 Å². The number of nitrogens with zero attached hydrogens (tertiary/aromatic N) is 3. The summed E-state index contributed by atoms with van der Waals surface area (Å²) in [7, 11) is 0. The Morgan fingerprint density at radius 3 is 2.38 bits per heavy atom. The number of hydrogen-bond donors (Lipinski definition) is 1. The van der Waals surface area contributed by atoms with Gasteiger partial charge in [-0.15, -0.1) is 0 Å². The van der Waals surface area contributed by atoms with E-state index in [9.17, 15) is 15.4 Å². The molecule has 2 N–H and O–H groups in total. The lowest BCUT2D eigenvalue weighted by Gasteiger charge is -2.15. The van der Waals surface area contributed by atoms with Gasteiger partial charge in [-0.3, -0.25) is 10.1 Å². The smallest absolute Gasteiger partial charge is 0.277 e. The van der Waals surface area contributed by atoms with Gasteiger partial charge in [0.05, 0.1) is 16.2 Å². The number of rotatable bonds is 3. The number of nitriles is 1. The number of nitrogens with two attached hydrogens (primary N) is 1. The molecule has 0 aliphatic heterocycles. The second-order valence-corrected chi connectivity index (χ2v) is 5.97. The number of aromatic nitrogens is 1. The average molecular weight is 344 g/mol. The number of nitro benzene ring substituents is 1. The summed E-state index contributed by atoms with van der Waals surface area (Å²) in [5.74, 6) is 0.0572. The SMILES string of the molecule is Cc1ccc(-c2nc(N)c(C#N)c(-c3ccccc3[N+](=O)[O-])c2C)cc1. The Morgan fingerprint density at radius 1 is 1.12 bits per heavy atom. The second kappa shape index (κ2) is 6.65. The number of nitro groups is 1. The van der Waals surface area contributed by atoms with Crippen molar-refractivity contribution in [1.82, 2.24) is 4.98 Å². The van der Waals surface area contributed by atoms with E-state index in [1.54, 1.807) is 25.1 Å². The molecular weight excluding hydrogens is 328 g/mol. The summed E-state index contributed by atoms with van der Waals surface area (Å²) in [6.45, 7) is 3.78. The third-order valence-corrected chi connectivity index (χ3v) is 4.28. The number of nitrogen functional groups attached to an aromatic ring is 1. The van der Waals surface area contributed by atoms with Crippen LogP contribution in [0, 0.1) is 35.3 Å². The summed E-state index contributed by atoms with van der Waals surface area (Å²) in [6, 6.07) is 16.1. The molecule has 1 aromatic heterocycles. The zero-order chi connectivity index (χ0) is 18.8. The molecule has 6 nitrogen and oxygen atoms in total. The van der Waals surface area contributed by atoms with Crippen LogP contribution in [0.5, 0.6) is 0 Å². The Morgan fingerprint density at radius 2 is 1.77 bits per heavy atom. The van der Waals surface area contributed by atoms with E-state index in [-0.39, 0.29) is 17.1 Å². The minimum absolute atomic E-state index is 0.0572. The van der Waals surface area contributed by atoms with Crippen LogP contribution in [0.4, 0.5) is 11.5 Å². The minimum Gasteiger partial charge on any atom is -0.383 e. The van der Waals surface area contributed by atoms with E-state index in [2.05, 4.69) is 4.98 Å². The number of hydrogen-bond acceptors (Lipinski definition) is 5. The minimum atomic E-state index is -0.460. The predicted molar refractivity (Wildman–Crippen MR) is 100 cm³/mol. The molecule has 0 saturated carbocycles. The summed E-state index contributed by atoms with van der Waals surface area (Å²) < 4.78 is 0. The number of anilines is 1. The van der Waals surface area contributed by atoms with E-state index in [1.165, 1.54) is 6.07 Å². The largest absolute Gasteiger partial charge is 0.383 e. The molecule has 0 fully saturated rings. The van der Waals surface area contributed by atoms with Crippen molar-refractivity contribution in [2.24, 2.45) is 0 Å². The van der Waals surface area contributed by atoms with Gasteiger partial charge in [0.25, 0.3) is 5.69 Å². The standard InChI is InChI=1S/C20H16N4O2/c1-12-7-9-14(10-8-12)19-13(2)18(16(11-21)20(22)23-19)15-5-3-4-6-17(15)24(25)26/h3-10H,1-2H3,(H2,22,23). The maximum atomic E-state index is 11.5. The van der Waals surface area contributed by atoms with Crippen molar-refractivity contribution in [3.05, 3.63) is 75.3 Å². The Bertz CT molecular complexity index is 1050. The summed E-state index contributed by atoms with van der Waals surface area (Å²) in [4.78, 5) is 15.4. The maximum absolute atomic E-state index is 11.5. The third-order valence-electron chi connectivity index (χ3n) is 4.28. The topological polar surface area (TPSA) is 106 Å². The fourth-order valence-electron chi connectivity index (χ4n) is 2.98. The molecule has 0 saturated heterocycles. The highest BCUT2D eigenvalue weighted by Gasteiger charge is 2.23. The van der Waals surface area contributed by atoms with Crippen molar-refractivity contribution >= 4 is 11.5 Å². The Balaban J connectivity index is 2.37. The van der Waals surface area contributed by atoms with Crippen LogP contribution < -0.4 is 5.73 Å². The lowest BCUT2D eigenvalue weighted by atomic mass is 9.91. The lowest BCUT2D eigenvalue weighted by molar-refractivity contribution is -0.384. The first-order chi connectivity index (χ1) is 12.4. The van der Waals surface area contributed by atoms with Crippen molar-refractivity contribution < 1.29 is 4.92 Å². The van der Waals surface area contributed by atoms with Gasteiger partial charge in [-0.25, -0.2) is 4.98 Å². The predicted octanol–water partition coefficient (Wildman–Crippen LogP) is 4.39. The molecule has 1 heterocycles. The first-order valence-corrected chi connectivity index (χ1v) is 7.95. The summed E-state index contributed by atoms with van der Waals surface area (Å²) in [5.41, 5.74) is 10.1. The van der Waals surface area contributed by atoms with Crippen LogP contribution in [0.1, 0.15) is 16.7 Å². The van der Waals surface area contributed by atoms with Gasteiger partial charge >= 0.3 is 0 Å². The molecule has 128 valence electrons. The third kappa shape index (κ3) is 2.87. The summed E-state index contributed by atoms with van der Waals surface area (Å²) in [6.07, 6.45) is 0. The van der Waals surface area contributed by atoms with Crippen molar-refractivity contribution in [2.75, 3.05) is 5.73 Å². The van der Waals surface area contributed by atoms with Gasteiger partial charge in [0.15, 0.2) is 0 Å². The van der Waals surface area contributed by atoms with Gasteiger partial charge in [0, 0.05) is 17.2 Å². The van der Waals surface area contributed by atoms with Crippen molar-refractivity contribution in [3.8, 4) is 28.5 Å². The van der Waals surface area contributed by atoms with Crippen LogP contribution in [0.2, 0.25) is 0 Å². The van der Waals surface area contributed by atoms with Crippen molar-refractivity contribution in [1.29, 1.82) is 5.26 Å². The van der Waals surface area contributed by atoms with Gasteiger partial charge in [0.2, 0.25) is 0 Å². The van der Waals surface area contributed by atoms with E-state index in [1.807, 2.05) is 37.3 Å². The molecule has 0 radical (unpaired) electrons. The molecule has 6 heteroatoms. The molecule has 26 heavy (non-hydrogen) atoms. The maximum Gasteiger partial charge on any atom is 0.277 e.